The van der Waals surface area contributed by atoms with Gasteiger partial charge < -0.3 is 15.2 Å². The van der Waals surface area contributed by atoms with E-state index >= 15 is 0 Å². The van der Waals surface area contributed by atoms with Crippen LogP contribution < -0.4 is 16.6 Å². The van der Waals surface area contributed by atoms with Gasteiger partial charge in [0.25, 0.3) is 5.56 Å². The number of ether oxygens (including phenoxy) is 1. The molecule has 2 unspecified atom stereocenters. The van der Waals surface area contributed by atoms with Crippen LogP contribution in [0.25, 0.3) is 0 Å². The minimum Gasteiger partial charge on any atom is -0.394 e. The van der Waals surface area contributed by atoms with Gasteiger partial charge >= 0.3 is 5.69 Å². The molecular formula is C11H19N3O4. The van der Waals surface area contributed by atoms with Crippen molar-refractivity contribution in [2.75, 3.05) is 20.2 Å². The summed E-state index contributed by atoms with van der Waals surface area (Å²) in [5.74, 6) is 0. The van der Waals surface area contributed by atoms with Gasteiger partial charge in [0.05, 0.1) is 12.7 Å². The molecule has 1 aromatic rings. The number of hydrogen-bond donors (Lipinski definition) is 3. The molecule has 7 nitrogen and oxygen atoms in total. The molecule has 0 fully saturated rings. The second kappa shape index (κ2) is 6.48. The number of H-pyrrole nitrogens is 1. The average Bonchev–Trinajstić information content (AvgIpc) is 2.33. The molecule has 3 N–H and O–H groups in total. The molecule has 0 saturated carbocycles. The van der Waals surface area contributed by atoms with Gasteiger partial charge in [-0.2, -0.15) is 0 Å². The summed E-state index contributed by atoms with van der Waals surface area (Å²) in [6.07, 6.45) is 0.468. The third-order valence-corrected chi connectivity index (χ3v) is 2.48. The lowest BCUT2D eigenvalue weighted by Gasteiger charge is -2.23. The standard InChI is InChI=1S/C11H19N3O4/c1-7-5-14(11(17)13-10(7)16)9(4-12-3)18-8(2)6-15/h5,8-9,12,15H,4,6H2,1-3H3,(H,13,16,17). The van der Waals surface area contributed by atoms with E-state index in [0.29, 0.717) is 12.1 Å². The fourth-order valence-electron chi connectivity index (χ4n) is 1.50. The Kier molecular flexibility index (Phi) is 5.26. The Balaban J connectivity index is 3.09. The van der Waals surface area contributed by atoms with Crippen molar-refractivity contribution in [3.63, 3.8) is 0 Å². The van der Waals surface area contributed by atoms with Crippen molar-refractivity contribution in [2.45, 2.75) is 26.2 Å². The quantitative estimate of drug-likeness (QED) is 0.605. The van der Waals surface area contributed by atoms with E-state index in [2.05, 4.69) is 10.3 Å². The highest BCUT2D eigenvalue weighted by Crippen LogP contribution is 2.07. The molecule has 102 valence electrons. The largest absolute Gasteiger partial charge is 0.394 e. The van der Waals surface area contributed by atoms with Crippen LogP contribution in [0.1, 0.15) is 18.7 Å². The summed E-state index contributed by atoms with van der Waals surface area (Å²) in [5.41, 5.74) is -0.512. The van der Waals surface area contributed by atoms with E-state index in [4.69, 9.17) is 9.84 Å². The summed E-state index contributed by atoms with van der Waals surface area (Å²) < 4.78 is 6.84. The summed E-state index contributed by atoms with van der Waals surface area (Å²) in [5, 5.41) is 11.9. The fraction of sp³-hybridized carbons (Fsp3) is 0.636. The number of aromatic amines is 1. The van der Waals surface area contributed by atoms with Gasteiger partial charge in [-0.05, 0) is 20.9 Å². The van der Waals surface area contributed by atoms with Gasteiger partial charge in [0, 0.05) is 18.3 Å². The second-order valence-corrected chi connectivity index (χ2v) is 4.12. The van der Waals surface area contributed by atoms with Crippen molar-refractivity contribution in [1.82, 2.24) is 14.9 Å². The smallest absolute Gasteiger partial charge is 0.330 e. The molecular weight excluding hydrogens is 238 g/mol. The first-order valence-corrected chi connectivity index (χ1v) is 5.72. The Hall–Kier alpha value is -1.44. The Morgan fingerprint density at radius 3 is 2.78 bits per heavy atom. The first-order valence-electron chi connectivity index (χ1n) is 5.72. The van der Waals surface area contributed by atoms with Crippen molar-refractivity contribution in [2.24, 2.45) is 0 Å². The Labute approximate surface area is 104 Å². The Bertz CT molecular complexity index is 494. The second-order valence-electron chi connectivity index (χ2n) is 4.12. The molecule has 7 heteroatoms. The van der Waals surface area contributed by atoms with Crippen LogP contribution in [0.2, 0.25) is 0 Å². The summed E-state index contributed by atoms with van der Waals surface area (Å²) in [6.45, 7) is 3.56. The number of nitrogens with zero attached hydrogens (tertiary/aromatic N) is 1. The van der Waals surface area contributed by atoms with E-state index < -0.39 is 23.6 Å². The van der Waals surface area contributed by atoms with Gasteiger partial charge in [0.15, 0.2) is 6.23 Å². The van der Waals surface area contributed by atoms with Crippen LogP contribution in [0, 0.1) is 6.92 Å². The molecule has 1 heterocycles. The summed E-state index contributed by atoms with van der Waals surface area (Å²) in [6, 6.07) is 0. The highest BCUT2D eigenvalue weighted by Gasteiger charge is 2.16. The van der Waals surface area contributed by atoms with Crippen molar-refractivity contribution in [3.05, 3.63) is 32.6 Å². The van der Waals surface area contributed by atoms with Crippen molar-refractivity contribution in [1.29, 1.82) is 0 Å². The van der Waals surface area contributed by atoms with E-state index in [1.807, 2.05) is 0 Å². The SMILES string of the molecule is CNCC(OC(C)CO)n1cc(C)c(=O)[nH]c1=O. The van der Waals surface area contributed by atoms with Gasteiger partial charge in [-0.1, -0.05) is 0 Å². The zero-order valence-corrected chi connectivity index (χ0v) is 10.8. The predicted octanol–water partition coefficient (Wildman–Crippen LogP) is -1.04. The van der Waals surface area contributed by atoms with E-state index in [1.54, 1.807) is 20.9 Å². The van der Waals surface area contributed by atoms with Gasteiger partial charge in [-0.15, -0.1) is 0 Å². The molecule has 0 saturated heterocycles. The lowest BCUT2D eigenvalue weighted by Crippen LogP contribution is -2.39. The number of aliphatic hydroxyl groups is 1. The minimum absolute atomic E-state index is 0.142. The number of likely N-dealkylation sites (N-methyl/N-ethyl adjacent to an activating group) is 1. The molecule has 2 atom stereocenters. The molecule has 0 aliphatic rings. The van der Waals surface area contributed by atoms with Crippen LogP contribution in [0.15, 0.2) is 15.8 Å². The zero-order valence-electron chi connectivity index (χ0n) is 10.8. The highest BCUT2D eigenvalue weighted by atomic mass is 16.5. The molecule has 0 bridgehead atoms. The molecule has 18 heavy (non-hydrogen) atoms. The number of nitrogens with one attached hydrogen (secondary N) is 2. The lowest BCUT2D eigenvalue weighted by molar-refractivity contribution is -0.0660. The van der Waals surface area contributed by atoms with Gasteiger partial charge in [0.1, 0.15) is 0 Å². The zero-order chi connectivity index (χ0) is 13.7. The number of aromatic nitrogens is 2. The maximum atomic E-state index is 11.7. The Morgan fingerprint density at radius 1 is 1.56 bits per heavy atom. The molecule has 0 radical (unpaired) electrons. The number of rotatable bonds is 6. The first-order chi connectivity index (χ1) is 8.49. The topological polar surface area (TPSA) is 96.3 Å². The molecule has 1 rings (SSSR count). The molecule has 0 aliphatic heterocycles. The maximum Gasteiger partial charge on any atom is 0.330 e. The number of aryl methyl sites for hydroxylation is 1. The highest BCUT2D eigenvalue weighted by molar-refractivity contribution is 5.01. The van der Waals surface area contributed by atoms with Crippen LogP contribution >= 0.6 is 0 Å². The van der Waals surface area contributed by atoms with Crippen LogP contribution in [0.3, 0.4) is 0 Å². The van der Waals surface area contributed by atoms with E-state index in [-0.39, 0.29) is 6.61 Å². The first kappa shape index (κ1) is 14.6. The van der Waals surface area contributed by atoms with Gasteiger partial charge in [-0.3, -0.25) is 14.3 Å². The lowest BCUT2D eigenvalue weighted by atomic mass is 10.3. The number of aliphatic hydroxyl groups excluding tert-OH is 1. The van der Waals surface area contributed by atoms with E-state index in [1.165, 1.54) is 10.8 Å². The third kappa shape index (κ3) is 3.52. The Morgan fingerprint density at radius 2 is 2.22 bits per heavy atom. The van der Waals surface area contributed by atoms with Gasteiger partial charge in [-0.25, -0.2) is 4.79 Å². The van der Waals surface area contributed by atoms with Crippen LogP contribution in [-0.2, 0) is 4.74 Å². The van der Waals surface area contributed by atoms with E-state index in [0.717, 1.165) is 0 Å². The summed E-state index contributed by atoms with van der Waals surface area (Å²) >= 11 is 0. The van der Waals surface area contributed by atoms with Crippen molar-refractivity contribution < 1.29 is 9.84 Å². The number of hydrogen-bond acceptors (Lipinski definition) is 5. The maximum absolute atomic E-state index is 11.7. The van der Waals surface area contributed by atoms with Crippen molar-refractivity contribution in [3.8, 4) is 0 Å². The van der Waals surface area contributed by atoms with Crippen molar-refractivity contribution >= 4 is 0 Å². The van der Waals surface area contributed by atoms with Gasteiger partial charge in [0.2, 0.25) is 0 Å². The third-order valence-electron chi connectivity index (χ3n) is 2.48. The normalized spacial score (nSPS) is 14.4. The van der Waals surface area contributed by atoms with Crippen LogP contribution in [0.5, 0.6) is 0 Å². The average molecular weight is 257 g/mol. The fourth-order valence-corrected chi connectivity index (χ4v) is 1.50. The summed E-state index contributed by atoms with van der Waals surface area (Å²) in [7, 11) is 1.73. The predicted molar refractivity (Wildman–Crippen MR) is 66.7 cm³/mol. The molecule has 0 aromatic carbocycles. The van der Waals surface area contributed by atoms with Crippen LogP contribution in [0.4, 0.5) is 0 Å². The molecule has 0 spiro atoms. The minimum atomic E-state index is -0.583. The van der Waals surface area contributed by atoms with E-state index in [9.17, 15) is 9.59 Å². The monoisotopic (exact) mass is 257 g/mol. The summed E-state index contributed by atoms with van der Waals surface area (Å²) in [4.78, 5) is 25.2. The molecule has 0 amide bonds. The molecule has 1 aromatic heterocycles. The van der Waals surface area contributed by atoms with Crippen LogP contribution in [-0.4, -0.2) is 41.0 Å². The molecule has 0 aliphatic carbocycles.